The molecule has 0 heterocycles. The summed E-state index contributed by atoms with van der Waals surface area (Å²) in [5.74, 6) is 0.671. The summed E-state index contributed by atoms with van der Waals surface area (Å²) < 4.78 is 5.87. The normalized spacial score (nSPS) is 15.9. The fourth-order valence-electron chi connectivity index (χ4n) is 2.04. The van der Waals surface area contributed by atoms with Crippen LogP contribution in [0, 0.1) is 16.7 Å². The van der Waals surface area contributed by atoms with Crippen LogP contribution in [-0.2, 0) is 6.54 Å². The second kappa shape index (κ2) is 6.00. The van der Waals surface area contributed by atoms with Crippen molar-refractivity contribution < 1.29 is 4.74 Å². The first-order valence-electron chi connectivity index (χ1n) is 6.22. The molecule has 0 spiro atoms. The van der Waals surface area contributed by atoms with Crippen molar-refractivity contribution in [3.05, 3.63) is 27.7 Å². The molecule has 2 rings (SSSR count). The molecule has 1 aliphatic rings. The van der Waals surface area contributed by atoms with Gasteiger partial charge in [0.05, 0.1) is 17.7 Å². The van der Waals surface area contributed by atoms with Crippen LogP contribution in [0.4, 0.5) is 0 Å². The zero-order valence-electron chi connectivity index (χ0n) is 10.8. The Morgan fingerprint density at radius 1 is 1.42 bits per heavy atom. The van der Waals surface area contributed by atoms with E-state index in [0.717, 1.165) is 18.4 Å². The maximum Gasteiger partial charge on any atom is 0.142 e. The monoisotopic (exact) mass is 298 g/mol. The molecule has 19 heavy (non-hydrogen) atoms. The summed E-state index contributed by atoms with van der Waals surface area (Å²) in [6, 6.07) is 5.76. The maximum atomic E-state index is 8.81. The number of nitrogens with one attached hydrogen (secondary N) is 1. The molecule has 0 atom stereocenters. The molecule has 0 radical (unpaired) electrons. The molecule has 102 valence electrons. The minimum absolute atomic E-state index is 0.0363. The lowest BCUT2D eigenvalue weighted by Crippen LogP contribution is -2.15. The Morgan fingerprint density at radius 3 is 2.74 bits per heavy atom. The summed E-state index contributed by atoms with van der Waals surface area (Å²) >= 11 is 12.2. The maximum absolute atomic E-state index is 8.81. The molecule has 0 aromatic heterocycles. The Labute approximate surface area is 123 Å². The average Bonchev–Trinajstić information content (AvgIpc) is 3.09. The Balaban J connectivity index is 2.13. The summed E-state index contributed by atoms with van der Waals surface area (Å²) in [5, 5.41) is 13.0. The van der Waals surface area contributed by atoms with E-state index in [4.69, 9.17) is 33.2 Å². The Bertz CT molecular complexity index is 507. The predicted octanol–water partition coefficient (Wildman–Crippen LogP) is 3.79. The highest BCUT2D eigenvalue weighted by molar-refractivity contribution is 6.35. The van der Waals surface area contributed by atoms with Gasteiger partial charge in [0.1, 0.15) is 5.75 Å². The van der Waals surface area contributed by atoms with Gasteiger partial charge < -0.3 is 10.1 Å². The highest BCUT2D eigenvalue weighted by Crippen LogP contribution is 2.49. The molecule has 3 nitrogen and oxygen atoms in total. The molecule has 1 N–H and O–H groups in total. The Morgan fingerprint density at radius 2 is 2.16 bits per heavy atom. The Kier molecular flexibility index (Phi) is 4.57. The molecular weight excluding hydrogens is 283 g/mol. The van der Waals surface area contributed by atoms with Gasteiger partial charge in [0.2, 0.25) is 0 Å². The fraction of sp³-hybridized carbons (Fsp3) is 0.500. The molecule has 1 aromatic carbocycles. The first-order chi connectivity index (χ1) is 9.10. The van der Waals surface area contributed by atoms with Crippen molar-refractivity contribution in [2.75, 3.05) is 13.7 Å². The van der Waals surface area contributed by atoms with E-state index in [1.54, 1.807) is 6.07 Å². The van der Waals surface area contributed by atoms with E-state index in [9.17, 15) is 0 Å². The molecule has 0 unspecified atom stereocenters. The van der Waals surface area contributed by atoms with E-state index in [1.165, 1.54) is 0 Å². The number of hydrogen-bond acceptors (Lipinski definition) is 3. The molecule has 0 saturated heterocycles. The number of hydrogen-bond donors (Lipinski definition) is 1. The molecule has 0 aliphatic heterocycles. The summed E-state index contributed by atoms with van der Waals surface area (Å²) in [6.07, 6.45) is 2.64. The van der Waals surface area contributed by atoms with Gasteiger partial charge >= 0.3 is 0 Å². The van der Waals surface area contributed by atoms with Gasteiger partial charge in [0, 0.05) is 29.0 Å². The van der Waals surface area contributed by atoms with Crippen molar-refractivity contribution in [2.45, 2.75) is 25.8 Å². The van der Waals surface area contributed by atoms with Gasteiger partial charge in [-0.15, -0.1) is 0 Å². The van der Waals surface area contributed by atoms with Crippen molar-refractivity contribution in [1.82, 2.24) is 5.32 Å². The second-order valence-electron chi connectivity index (χ2n) is 5.03. The van der Waals surface area contributed by atoms with Crippen LogP contribution in [-0.4, -0.2) is 13.7 Å². The SMILES string of the molecule is CNCc1cc(Cl)cc(Cl)c1OCC1(CC#N)CC1. The zero-order valence-corrected chi connectivity index (χ0v) is 12.3. The van der Waals surface area contributed by atoms with Crippen molar-refractivity contribution in [1.29, 1.82) is 5.26 Å². The first kappa shape index (κ1) is 14.5. The van der Waals surface area contributed by atoms with Crippen molar-refractivity contribution >= 4 is 23.2 Å². The molecule has 1 aromatic rings. The van der Waals surface area contributed by atoms with Gasteiger partial charge in [-0.3, -0.25) is 0 Å². The van der Waals surface area contributed by atoms with E-state index in [-0.39, 0.29) is 5.41 Å². The minimum atomic E-state index is 0.0363. The zero-order chi connectivity index (χ0) is 13.9. The number of halogens is 2. The van der Waals surface area contributed by atoms with Gasteiger partial charge in [-0.2, -0.15) is 5.26 Å². The quantitative estimate of drug-likeness (QED) is 0.869. The number of nitrogens with zero attached hydrogens (tertiary/aromatic N) is 1. The van der Waals surface area contributed by atoms with E-state index in [0.29, 0.717) is 35.4 Å². The van der Waals surface area contributed by atoms with E-state index >= 15 is 0 Å². The standard InChI is InChI=1S/C14H16Cl2N2O/c1-18-8-10-6-11(15)7-12(16)13(10)19-9-14(2-3-14)4-5-17/h6-7,18H,2-4,8-9H2,1H3. The smallest absolute Gasteiger partial charge is 0.142 e. The third-order valence-corrected chi connectivity index (χ3v) is 3.89. The van der Waals surface area contributed by atoms with Crippen LogP contribution in [0.15, 0.2) is 12.1 Å². The fourth-order valence-corrected chi connectivity index (χ4v) is 2.63. The van der Waals surface area contributed by atoms with Crippen molar-refractivity contribution in [3.8, 4) is 11.8 Å². The molecule has 5 heteroatoms. The lowest BCUT2D eigenvalue weighted by atomic mass is 10.1. The van der Waals surface area contributed by atoms with Crippen LogP contribution >= 0.6 is 23.2 Å². The van der Waals surface area contributed by atoms with E-state index in [2.05, 4.69) is 11.4 Å². The lowest BCUT2D eigenvalue weighted by Gasteiger charge is -2.17. The topological polar surface area (TPSA) is 45.0 Å². The minimum Gasteiger partial charge on any atom is -0.491 e. The Hall–Kier alpha value is -0.950. The number of ether oxygens (including phenoxy) is 1. The molecular formula is C14H16Cl2N2O. The van der Waals surface area contributed by atoms with Crippen LogP contribution < -0.4 is 10.1 Å². The summed E-state index contributed by atoms with van der Waals surface area (Å²) in [6.45, 7) is 1.18. The van der Waals surface area contributed by atoms with E-state index in [1.807, 2.05) is 13.1 Å². The van der Waals surface area contributed by atoms with Crippen LogP contribution in [0.1, 0.15) is 24.8 Å². The molecule has 0 bridgehead atoms. The van der Waals surface area contributed by atoms with Gasteiger partial charge in [0.15, 0.2) is 0 Å². The van der Waals surface area contributed by atoms with Gasteiger partial charge in [0.25, 0.3) is 0 Å². The second-order valence-corrected chi connectivity index (χ2v) is 5.87. The molecule has 1 aliphatic carbocycles. The highest BCUT2D eigenvalue weighted by Gasteiger charge is 2.43. The van der Waals surface area contributed by atoms with Gasteiger partial charge in [-0.25, -0.2) is 0 Å². The van der Waals surface area contributed by atoms with Crippen LogP contribution in [0.2, 0.25) is 10.0 Å². The summed E-state index contributed by atoms with van der Waals surface area (Å²) in [7, 11) is 1.86. The molecule has 0 amide bonds. The van der Waals surface area contributed by atoms with Crippen LogP contribution in [0.5, 0.6) is 5.75 Å². The largest absolute Gasteiger partial charge is 0.491 e. The van der Waals surface area contributed by atoms with Gasteiger partial charge in [-0.05, 0) is 32.0 Å². The number of benzene rings is 1. The van der Waals surface area contributed by atoms with E-state index < -0.39 is 0 Å². The predicted molar refractivity (Wildman–Crippen MR) is 76.6 cm³/mol. The lowest BCUT2D eigenvalue weighted by molar-refractivity contribution is 0.235. The first-order valence-corrected chi connectivity index (χ1v) is 6.98. The average molecular weight is 299 g/mol. The number of rotatable bonds is 6. The highest BCUT2D eigenvalue weighted by atomic mass is 35.5. The number of nitriles is 1. The third kappa shape index (κ3) is 3.54. The van der Waals surface area contributed by atoms with Crippen molar-refractivity contribution in [3.63, 3.8) is 0 Å². The molecule has 1 fully saturated rings. The summed E-state index contributed by atoms with van der Waals surface area (Å²) in [5.41, 5.74) is 0.974. The third-order valence-electron chi connectivity index (χ3n) is 3.39. The van der Waals surface area contributed by atoms with Crippen LogP contribution in [0.25, 0.3) is 0 Å². The van der Waals surface area contributed by atoms with Gasteiger partial charge in [-0.1, -0.05) is 23.2 Å². The van der Waals surface area contributed by atoms with Crippen LogP contribution in [0.3, 0.4) is 0 Å². The van der Waals surface area contributed by atoms with Crippen molar-refractivity contribution in [2.24, 2.45) is 5.41 Å². The molecule has 1 saturated carbocycles. The summed E-state index contributed by atoms with van der Waals surface area (Å²) in [4.78, 5) is 0.